The molecule has 0 radical (unpaired) electrons. The van der Waals surface area contributed by atoms with Crippen molar-refractivity contribution in [3.05, 3.63) is 12.2 Å². The lowest BCUT2D eigenvalue weighted by atomic mass is 9.94. The van der Waals surface area contributed by atoms with Gasteiger partial charge in [-0.05, 0) is 25.2 Å². The van der Waals surface area contributed by atoms with Crippen molar-refractivity contribution in [2.45, 2.75) is 31.7 Å². The Morgan fingerprint density at radius 1 is 1.47 bits per heavy atom. The Morgan fingerprint density at radius 3 is 3.12 bits per heavy atom. The first-order valence-electron chi connectivity index (χ1n) is 6.57. The summed E-state index contributed by atoms with van der Waals surface area (Å²) < 4.78 is 0. The lowest BCUT2D eigenvalue weighted by molar-refractivity contribution is -0.121. The maximum atomic E-state index is 11.8. The zero-order chi connectivity index (χ0) is 11.9. The molecule has 2 N–H and O–H groups in total. The standard InChI is InChI=1S/C13H22N2OS/c16-13(8-12-10-17-7-6-14-12)15-9-11-4-2-1-3-5-11/h1-2,11-12,14H,3-10H2,(H,15,16). The minimum absolute atomic E-state index is 0.208. The Bertz CT molecular complexity index is 275. The van der Waals surface area contributed by atoms with Crippen LogP contribution in [0.15, 0.2) is 12.2 Å². The zero-order valence-electron chi connectivity index (χ0n) is 10.3. The normalized spacial score (nSPS) is 28.9. The molecule has 4 heteroatoms. The molecule has 0 saturated carbocycles. The molecule has 1 aliphatic carbocycles. The first-order valence-corrected chi connectivity index (χ1v) is 7.73. The fraction of sp³-hybridized carbons (Fsp3) is 0.769. The highest BCUT2D eigenvalue weighted by atomic mass is 32.2. The molecule has 2 unspecified atom stereocenters. The highest BCUT2D eigenvalue weighted by Crippen LogP contribution is 2.17. The van der Waals surface area contributed by atoms with Gasteiger partial charge in [0.15, 0.2) is 0 Å². The van der Waals surface area contributed by atoms with Crippen molar-refractivity contribution in [1.82, 2.24) is 10.6 Å². The highest BCUT2D eigenvalue weighted by Gasteiger charge is 2.17. The third-order valence-corrected chi connectivity index (χ3v) is 4.53. The van der Waals surface area contributed by atoms with Gasteiger partial charge >= 0.3 is 0 Å². The van der Waals surface area contributed by atoms with Gasteiger partial charge in [-0.3, -0.25) is 4.79 Å². The van der Waals surface area contributed by atoms with Crippen molar-refractivity contribution in [2.75, 3.05) is 24.6 Å². The second kappa shape index (κ2) is 7.07. The number of carbonyl (C=O) groups is 1. The van der Waals surface area contributed by atoms with Crippen LogP contribution in [0.25, 0.3) is 0 Å². The van der Waals surface area contributed by atoms with E-state index in [0.29, 0.717) is 18.4 Å². The third-order valence-electron chi connectivity index (χ3n) is 3.40. The van der Waals surface area contributed by atoms with Crippen LogP contribution >= 0.6 is 11.8 Å². The van der Waals surface area contributed by atoms with Crippen LogP contribution < -0.4 is 10.6 Å². The molecule has 1 saturated heterocycles. The molecule has 2 rings (SSSR count). The van der Waals surface area contributed by atoms with Gasteiger partial charge in [0.1, 0.15) is 0 Å². The number of rotatable bonds is 4. The van der Waals surface area contributed by atoms with Crippen LogP contribution in [0.3, 0.4) is 0 Å². The Kier molecular flexibility index (Phi) is 5.39. The van der Waals surface area contributed by atoms with E-state index in [-0.39, 0.29) is 5.91 Å². The number of nitrogens with one attached hydrogen (secondary N) is 2. The monoisotopic (exact) mass is 254 g/mol. The summed E-state index contributed by atoms with van der Waals surface area (Å²) in [6, 6.07) is 0.375. The molecule has 0 bridgehead atoms. The predicted molar refractivity (Wildman–Crippen MR) is 73.2 cm³/mol. The zero-order valence-corrected chi connectivity index (χ0v) is 11.1. The van der Waals surface area contributed by atoms with Gasteiger partial charge in [-0.1, -0.05) is 12.2 Å². The predicted octanol–water partition coefficient (Wildman–Crippen LogP) is 1.55. The minimum atomic E-state index is 0.208. The van der Waals surface area contributed by atoms with E-state index in [4.69, 9.17) is 0 Å². The van der Waals surface area contributed by atoms with Crippen LogP contribution in [0.1, 0.15) is 25.7 Å². The first-order chi connectivity index (χ1) is 8.34. The summed E-state index contributed by atoms with van der Waals surface area (Å²) in [7, 11) is 0. The van der Waals surface area contributed by atoms with Crippen LogP contribution in [0.2, 0.25) is 0 Å². The average molecular weight is 254 g/mol. The topological polar surface area (TPSA) is 41.1 Å². The number of hydrogen-bond acceptors (Lipinski definition) is 3. The maximum absolute atomic E-state index is 11.8. The Labute approximate surface area is 108 Å². The first kappa shape index (κ1) is 13.0. The molecule has 3 nitrogen and oxygen atoms in total. The van der Waals surface area contributed by atoms with E-state index < -0.39 is 0 Å². The molecule has 1 heterocycles. The summed E-state index contributed by atoms with van der Waals surface area (Å²) >= 11 is 1.94. The van der Waals surface area contributed by atoms with Gasteiger partial charge in [0.25, 0.3) is 0 Å². The van der Waals surface area contributed by atoms with Gasteiger partial charge in [0.05, 0.1) is 0 Å². The highest BCUT2D eigenvalue weighted by molar-refractivity contribution is 7.99. The molecule has 0 aromatic heterocycles. The van der Waals surface area contributed by atoms with Crippen LogP contribution in [-0.4, -0.2) is 36.5 Å². The summed E-state index contributed by atoms with van der Waals surface area (Å²) in [4.78, 5) is 11.8. The van der Waals surface area contributed by atoms with Gasteiger partial charge in [-0.25, -0.2) is 0 Å². The number of carbonyl (C=O) groups excluding carboxylic acids is 1. The number of thioether (sulfide) groups is 1. The second-order valence-electron chi connectivity index (χ2n) is 4.88. The smallest absolute Gasteiger partial charge is 0.221 e. The molecule has 2 aliphatic rings. The van der Waals surface area contributed by atoms with Crippen LogP contribution in [-0.2, 0) is 4.79 Å². The second-order valence-corrected chi connectivity index (χ2v) is 6.03. The Hall–Kier alpha value is -0.480. The molecule has 1 amide bonds. The van der Waals surface area contributed by atoms with E-state index in [2.05, 4.69) is 22.8 Å². The van der Waals surface area contributed by atoms with Crippen molar-refractivity contribution in [3.8, 4) is 0 Å². The van der Waals surface area contributed by atoms with Gasteiger partial charge in [0, 0.05) is 37.1 Å². The summed E-state index contributed by atoms with van der Waals surface area (Å²) in [5, 5.41) is 6.47. The largest absolute Gasteiger partial charge is 0.356 e. The van der Waals surface area contributed by atoms with Crippen molar-refractivity contribution in [2.24, 2.45) is 5.92 Å². The van der Waals surface area contributed by atoms with E-state index >= 15 is 0 Å². The van der Waals surface area contributed by atoms with Crippen molar-refractivity contribution in [1.29, 1.82) is 0 Å². The van der Waals surface area contributed by atoms with Crippen LogP contribution in [0.4, 0.5) is 0 Å². The van der Waals surface area contributed by atoms with Crippen molar-refractivity contribution < 1.29 is 4.79 Å². The maximum Gasteiger partial charge on any atom is 0.221 e. The molecule has 1 aliphatic heterocycles. The lowest BCUT2D eigenvalue weighted by Gasteiger charge is -2.23. The fourth-order valence-electron chi connectivity index (χ4n) is 2.35. The number of amides is 1. The minimum Gasteiger partial charge on any atom is -0.356 e. The molecular weight excluding hydrogens is 232 g/mol. The van der Waals surface area contributed by atoms with E-state index in [1.54, 1.807) is 0 Å². The molecule has 0 aromatic carbocycles. The molecule has 17 heavy (non-hydrogen) atoms. The number of hydrogen-bond donors (Lipinski definition) is 2. The van der Waals surface area contributed by atoms with Gasteiger partial charge < -0.3 is 10.6 Å². The van der Waals surface area contributed by atoms with Crippen LogP contribution in [0.5, 0.6) is 0 Å². The Morgan fingerprint density at radius 2 is 2.41 bits per heavy atom. The molecule has 96 valence electrons. The molecule has 0 aromatic rings. The summed E-state index contributed by atoms with van der Waals surface area (Å²) in [5.41, 5.74) is 0. The number of allylic oxidation sites excluding steroid dienone is 2. The van der Waals surface area contributed by atoms with E-state index in [1.165, 1.54) is 18.6 Å². The summed E-state index contributed by atoms with van der Waals surface area (Å²) in [6.45, 7) is 1.89. The third kappa shape index (κ3) is 4.72. The van der Waals surface area contributed by atoms with E-state index in [9.17, 15) is 4.79 Å². The van der Waals surface area contributed by atoms with E-state index in [0.717, 1.165) is 25.3 Å². The molecule has 0 spiro atoms. The molecular formula is C13H22N2OS. The van der Waals surface area contributed by atoms with Gasteiger partial charge in [-0.15, -0.1) is 0 Å². The average Bonchev–Trinajstić information content (AvgIpc) is 2.39. The van der Waals surface area contributed by atoms with E-state index in [1.807, 2.05) is 11.8 Å². The quantitative estimate of drug-likeness (QED) is 0.748. The van der Waals surface area contributed by atoms with Crippen molar-refractivity contribution in [3.63, 3.8) is 0 Å². The molecule has 2 atom stereocenters. The summed E-state index contributed by atoms with van der Waals surface area (Å²) in [5.74, 6) is 3.10. The van der Waals surface area contributed by atoms with Crippen molar-refractivity contribution >= 4 is 17.7 Å². The molecule has 1 fully saturated rings. The van der Waals surface area contributed by atoms with Gasteiger partial charge in [0.2, 0.25) is 5.91 Å². The van der Waals surface area contributed by atoms with Gasteiger partial charge in [-0.2, -0.15) is 11.8 Å². The summed E-state index contributed by atoms with van der Waals surface area (Å²) in [6.07, 6.45) is 8.62. The van der Waals surface area contributed by atoms with Crippen LogP contribution in [0, 0.1) is 5.92 Å². The SMILES string of the molecule is O=C(CC1CSCCN1)NCC1CC=CCC1. The lowest BCUT2D eigenvalue weighted by Crippen LogP contribution is -2.42. The Balaban J connectivity index is 1.61. The fourth-order valence-corrected chi connectivity index (χ4v) is 3.30.